The highest BCUT2D eigenvalue weighted by atomic mass is 16.5. The standard InChI is InChI=1S/C21H20N2O3/c24-15-20(16-8-3-1-4-9-16)23-21(25)22-17-10-7-13-19(14-17)26-18-11-5-2-6-12-18/h1-14,20,24H,15H2,(H2,22,23,25)/t20-/m1/s1. The van der Waals surface area contributed by atoms with Gasteiger partial charge in [-0.2, -0.15) is 0 Å². The summed E-state index contributed by atoms with van der Waals surface area (Å²) < 4.78 is 5.76. The highest BCUT2D eigenvalue weighted by Crippen LogP contribution is 2.24. The van der Waals surface area contributed by atoms with Gasteiger partial charge in [0.25, 0.3) is 0 Å². The largest absolute Gasteiger partial charge is 0.457 e. The third-order valence-electron chi connectivity index (χ3n) is 3.76. The topological polar surface area (TPSA) is 70.6 Å². The first-order chi connectivity index (χ1) is 12.7. The SMILES string of the molecule is O=C(Nc1cccc(Oc2ccccc2)c1)N[C@H](CO)c1ccccc1. The van der Waals surface area contributed by atoms with Gasteiger partial charge in [0, 0.05) is 11.8 Å². The predicted octanol–water partition coefficient (Wildman–Crippen LogP) is 4.33. The van der Waals surface area contributed by atoms with Crippen molar-refractivity contribution in [1.29, 1.82) is 0 Å². The Morgan fingerprint density at radius 3 is 2.23 bits per heavy atom. The fraction of sp³-hybridized carbons (Fsp3) is 0.0952. The minimum Gasteiger partial charge on any atom is -0.457 e. The highest BCUT2D eigenvalue weighted by molar-refractivity contribution is 5.89. The van der Waals surface area contributed by atoms with Gasteiger partial charge in [-0.15, -0.1) is 0 Å². The van der Waals surface area contributed by atoms with Crippen LogP contribution in [0.2, 0.25) is 0 Å². The van der Waals surface area contributed by atoms with Crippen molar-refractivity contribution < 1.29 is 14.6 Å². The Morgan fingerprint density at radius 1 is 0.885 bits per heavy atom. The predicted molar refractivity (Wildman–Crippen MR) is 101 cm³/mol. The number of aliphatic hydroxyl groups is 1. The first-order valence-electron chi connectivity index (χ1n) is 8.31. The number of hydrogen-bond donors (Lipinski definition) is 3. The molecule has 3 aromatic rings. The molecule has 5 heteroatoms. The zero-order chi connectivity index (χ0) is 18.2. The van der Waals surface area contributed by atoms with Crippen LogP contribution >= 0.6 is 0 Å². The summed E-state index contributed by atoms with van der Waals surface area (Å²) in [5.41, 5.74) is 1.44. The Morgan fingerprint density at radius 2 is 1.54 bits per heavy atom. The van der Waals surface area contributed by atoms with Crippen LogP contribution in [0.5, 0.6) is 11.5 Å². The van der Waals surface area contributed by atoms with Crippen LogP contribution < -0.4 is 15.4 Å². The van der Waals surface area contributed by atoms with Crippen LogP contribution in [0, 0.1) is 0 Å². The molecule has 0 aliphatic carbocycles. The van der Waals surface area contributed by atoms with Crippen molar-refractivity contribution in [3.63, 3.8) is 0 Å². The van der Waals surface area contributed by atoms with Crippen LogP contribution in [-0.2, 0) is 0 Å². The molecular formula is C21H20N2O3. The molecule has 0 saturated carbocycles. The van der Waals surface area contributed by atoms with Crippen LogP contribution in [0.1, 0.15) is 11.6 Å². The molecule has 3 rings (SSSR count). The zero-order valence-corrected chi connectivity index (χ0v) is 14.1. The van der Waals surface area contributed by atoms with Crippen molar-refractivity contribution >= 4 is 11.7 Å². The molecule has 0 aliphatic rings. The van der Waals surface area contributed by atoms with Gasteiger partial charge in [0.05, 0.1) is 12.6 Å². The minimum absolute atomic E-state index is 0.186. The number of hydrogen-bond acceptors (Lipinski definition) is 3. The van der Waals surface area contributed by atoms with Crippen LogP contribution in [0.15, 0.2) is 84.9 Å². The van der Waals surface area contributed by atoms with E-state index in [1.54, 1.807) is 18.2 Å². The van der Waals surface area contributed by atoms with E-state index in [1.807, 2.05) is 66.7 Å². The van der Waals surface area contributed by atoms with E-state index in [0.717, 1.165) is 11.3 Å². The van der Waals surface area contributed by atoms with Crippen molar-refractivity contribution in [1.82, 2.24) is 5.32 Å². The molecule has 1 atom stereocenters. The molecule has 26 heavy (non-hydrogen) atoms. The summed E-state index contributed by atoms with van der Waals surface area (Å²) in [6.07, 6.45) is 0. The number of nitrogens with one attached hydrogen (secondary N) is 2. The van der Waals surface area contributed by atoms with Gasteiger partial charge in [-0.05, 0) is 29.8 Å². The van der Waals surface area contributed by atoms with Crippen molar-refractivity contribution in [3.05, 3.63) is 90.5 Å². The first-order valence-corrected chi connectivity index (χ1v) is 8.31. The molecule has 5 nitrogen and oxygen atoms in total. The lowest BCUT2D eigenvalue weighted by Gasteiger charge is -2.17. The molecule has 0 aromatic heterocycles. The summed E-state index contributed by atoms with van der Waals surface area (Å²) in [6, 6.07) is 25.0. The molecule has 3 aromatic carbocycles. The van der Waals surface area contributed by atoms with E-state index < -0.39 is 12.1 Å². The summed E-state index contributed by atoms with van der Waals surface area (Å²) in [6.45, 7) is -0.186. The molecule has 0 heterocycles. The lowest BCUT2D eigenvalue weighted by Crippen LogP contribution is -2.34. The smallest absolute Gasteiger partial charge is 0.319 e. The molecular weight excluding hydrogens is 328 g/mol. The van der Waals surface area contributed by atoms with E-state index in [2.05, 4.69) is 10.6 Å². The monoisotopic (exact) mass is 348 g/mol. The molecule has 0 fully saturated rings. The number of anilines is 1. The van der Waals surface area contributed by atoms with E-state index in [9.17, 15) is 9.90 Å². The van der Waals surface area contributed by atoms with Gasteiger partial charge >= 0.3 is 6.03 Å². The molecule has 132 valence electrons. The number of benzene rings is 3. The summed E-state index contributed by atoms with van der Waals surface area (Å²) in [7, 11) is 0. The van der Waals surface area contributed by atoms with Crippen LogP contribution in [0.25, 0.3) is 0 Å². The Balaban J connectivity index is 1.63. The lowest BCUT2D eigenvalue weighted by atomic mass is 10.1. The van der Waals surface area contributed by atoms with E-state index in [0.29, 0.717) is 11.4 Å². The van der Waals surface area contributed by atoms with Gasteiger partial charge in [0.15, 0.2) is 0 Å². The minimum atomic E-state index is -0.472. The average molecular weight is 348 g/mol. The third kappa shape index (κ3) is 4.84. The summed E-state index contributed by atoms with van der Waals surface area (Å²) in [5.74, 6) is 1.34. The quantitative estimate of drug-likeness (QED) is 0.621. The van der Waals surface area contributed by atoms with Crippen LogP contribution in [0.4, 0.5) is 10.5 Å². The van der Waals surface area contributed by atoms with Gasteiger partial charge in [0.1, 0.15) is 11.5 Å². The van der Waals surface area contributed by atoms with Gasteiger partial charge in [-0.1, -0.05) is 54.6 Å². The average Bonchev–Trinajstić information content (AvgIpc) is 2.68. The third-order valence-corrected chi connectivity index (χ3v) is 3.76. The van der Waals surface area contributed by atoms with Gasteiger partial charge < -0.3 is 20.5 Å². The van der Waals surface area contributed by atoms with E-state index in [-0.39, 0.29) is 6.61 Å². The normalized spacial score (nSPS) is 11.4. The van der Waals surface area contributed by atoms with Gasteiger partial charge in [-0.3, -0.25) is 0 Å². The molecule has 2 amide bonds. The van der Waals surface area contributed by atoms with Gasteiger partial charge in [0.2, 0.25) is 0 Å². The lowest BCUT2D eigenvalue weighted by molar-refractivity contribution is 0.225. The van der Waals surface area contributed by atoms with Crippen molar-refractivity contribution in [2.75, 3.05) is 11.9 Å². The van der Waals surface area contributed by atoms with Crippen LogP contribution in [0.3, 0.4) is 0 Å². The Kier molecular flexibility index (Phi) is 5.85. The van der Waals surface area contributed by atoms with E-state index >= 15 is 0 Å². The Labute approximate surface area is 152 Å². The van der Waals surface area contributed by atoms with E-state index in [1.165, 1.54) is 0 Å². The Bertz CT molecular complexity index is 838. The maximum atomic E-state index is 12.3. The van der Waals surface area contributed by atoms with E-state index in [4.69, 9.17) is 4.74 Å². The number of amides is 2. The number of aliphatic hydroxyl groups excluding tert-OH is 1. The number of carbonyl (C=O) groups is 1. The number of ether oxygens (including phenoxy) is 1. The summed E-state index contributed by atoms with van der Waals surface area (Å²) >= 11 is 0. The Hall–Kier alpha value is -3.31. The van der Waals surface area contributed by atoms with Crippen LogP contribution in [-0.4, -0.2) is 17.7 Å². The summed E-state index contributed by atoms with van der Waals surface area (Å²) in [4.78, 5) is 12.3. The van der Waals surface area contributed by atoms with Crippen molar-refractivity contribution in [2.24, 2.45) is 0 Å². The fourth-order valence-corrected chi connectivity index (χ4v) is 2.51. The molecule has 0 spiro atoms. The van der Waals surface area contributed by atoms with Crippen molar-refractivity contribution in [2.45, 2.75) is 6.04 Å². The number of rotatable bonds is 6. The van der Waals surface area contributed by atoms with Crippen molar-refractivity contribution in [3.8, 4) is 11.5 Å². The fourth-order valence-electron chi connectivity index (χ4n) is 2.51. The molecule has 0 unspecified atom stereocenters. The number of urea groups is 1. The summed E-state index contributed by atoms with van der Waals surface area (Å²) in [5, 5.41) is 15.1. The maximum Gasteiger partial charge on any atom is 0.319 e. The molecule has 0 radical (unpaired) electrons. The van der Waals surface area contributed by atoms with Gasteiger partial charge in [-0.25, -0.2) is 4.79 Å². The first kappa shape index (κ1) is 17.5. The number of carbonyl (C=O) groups excluding carboxylic acids is 1. The maximum absolute atomic E-state index is 12.3. The highest BCUT2D eigenvalue weighted by Gasteiger charge is 2.13. The second-order valence-corrected chi connectivity index (χ2v) is 5.69. The molecule has 0 aliphatic heterocycles. The number of para-hydroxylation sites is 1. The second kappa shape index (κ2) is 8.69. The molecule has 0 saturated heterocycles. The zero-order valence-electron chi connectivity index (χ0n) is 14.1. The second-order valence-electron chi connectivity index (χ2n) is 5.69. The molecule has 3 N–H and O–H groups in total. The molecule has 0 bridgehead atoms.